The number of nitrogens with zero attached hydrogens (tertiary/aromatic N) is 3. The summed E-state index contributed by atoms with van der Waals surface area (Å²) in [6.45, 7) is 4.27. The van der Waals surface area contributed by atoms with Crippen LogP contribution in [0, 0.1) is 0 Å². The van der Waals surface area contributed by atoms with E-state index >= 15 is 0 Å². The molecule has 0 radical (unpaired) electrons. The van der Waals surface area contributed by atoms with Crippen molar-refractivity contribution < 1.29 is 4.74 Å². The molecule has 0 fully saturated rings. The molecule has 2 rings (SSSR count). The maximum atomic E-state index is 6.31. The van der Waals surface area contributed by atoms with E-state index in [1.165, 1.54) is 5.56 Å². The number of allylic oxidation sites excluding steroid dienone is 1. The van der Waals surface area contributed by atoms with Gasteiger partial charge < -0.3 is 15.9 Å². The number of rotatable bonds is 6. The summed E-state index contributed by atoms with van der Waals surface area (Å²) in [7, 11) is 1.62. The molecule has 1 heterocycles. The van der Waals surface area contributed by atoms with Gasteiger partial charge in [-0.1, -0.05) is 30.7 Å². The summed E-state index contributed by atoms with van der Waals surface area (Å²) >= 11 is 7.89. The fourth-order valence-corrected chi connectivity index (χ4v) is 3.20. The van der Waals surface area contributed by atoms with Gasteiger partial charge in [0.1, 0.15) is 5.75 Å². The zero-order valence-corrected chi connectivity index (χ0v) is 15.8. The van der Waals surface area contributed by atoms with Crippen LogP contribution in [0.5, 0.6) is 5.75 Å². The summed E-state index contributed by atoms with van der Waals surface area (Å²) in [4.78, 5) is 4.46. The lowest BCUT2D eigenvalue weighted by molar-refractivity contribution is 0.414. The van der Waals surface area contributed by atoms with E-state index in [-0.39, 0.29) is 5.50 Å². The highest BCUT2D eigenvalue weighted by Gasteiger charge is 2.19. The molecule has 0 aliphatic carbocycles. The minimum atomic E-state index is -0.0849. The van der Waals surface area contributed by atoms with Crippen LogP contribution in [0.25, 0.3) is 0 Å². The van der Waals surface area contributed by atoms with Gasteiger partial charge in [0.2, 0.25) is 0 Å². The Morgan fingerprint density at radius 3 is 2.79 bits per heavy atom. The number of hydrogen-bond donors (Lipinski definition) is 2. The Hall–Kier alpha value is -1.73. The lowest BCUT2D eigenvalue weighted by atomic mass is 9.92. The minimum absolute atomic E-state index is 0.0849. The summed E-state index contributed by atoms with van der Waals surface area (Å²) in [5.41, 5.74) is 3.11. The van der Waals surface area contributed by atoms with E-state index in [4.69, 9.17) is 22.2 Å². The van der Waals surface area contributed by atoms with Crippen LogP contribution < -0.4 is 15.9 Å². The van der Waals surface area contributed by atoms with Crippen molar-refractivity contribution in [2.24, 2.45) is 21.2 Å². The lowest BCUT2D eigenvalue weighted by Crippen LogP contribution is -2.28. The van der Waals surface area contributed by atoms with Crippen LogP contribution in [0.2, 0.25) is 5.02 Å². The van der Waals surface area contributed by atoms with E-state index in [9.17, 15) is 0 Å². The van der Waals surface area contributed by atoms with Crippen molar-refractivity contribution in [3.8, 4) is 5.75 Å². The van der Waals surface area contributed by atoms with Crippen LogP contribution in [-0.2, 0) is 6.42 Å². The van der Waals surface area contributed by atoms with Crippen molar-refractivity contribution >= 4 is 29.6 Å². The zero-order valence-electron chi connectivity index (χ0n) is 14.2. The second-order valence-corrected chi connectivity index (χ2v) is 6.94. The molecule has 1 aliphatic heterocycles. The lowest BCUT2D eigenvalue weighted by Gasteiger charge is -2.21. The molecule has 24 heavy (non-hydrogen) atoms. The Morgan fingerprint density at radius 2 is 2.21 bits per heavy atom. The average Bonchev–Trinajstić information content (AvgIpc) is 2.56. The molecule has 8 heteroatoms. The second kappa shape index (κ2) is 8.39. The largest absolute Gasteiger partial charge is 0.495 e. The molecule has 0 saturated carbocycles. The van der Waals surface area contributed by atoms with Crippen LogP contribution in [0.4, 0.5) is 0 Å². The molecular formula is C16H22ClN5OS. The SMILES string of the molecule is COc1cc(C(C)C)c(CC2=C(N=NN)NC(SC)N=C2)cc1Cl. The highest BCUT2D eigenvalue weighted by atomic mass is 35.5. The fourth-order valence-electron chi connectivity index (χ4n) is 2.53. The first-order chi connectivity index (χ1) is 11.5. The predicted molar refractivity (Wildman–Crippen MR) is 101 cm³/mol. The van der Waals surface area contributed by atoms with Crippen molar-refractivity contribution in [1.29, 1.82) is 0 Å². The van der Waals surface area contributed by atoms with Crippen molar-refractivity contribution in [3.63, 3.8) is 0 Å². The Morgan fingerprint density at radius 1 is 1.46 bits per heavy atom. The van der Waals surface area contributed by atoms with Gasteiger partial charge in [-0.25, -0.2) is 0 Å². The molecule has 0 aromatic heterocycles. The van der Waals surface area contributed by atoms with Gasteiger partial charge in [-0.2, -0.15) is 0 Å². The van der Waals surface area contributed by atoms with Gasteiger partial charge in [0.05, 0.1) is 12.1 Å². The molecule has 1 aliphatic rings. The Labute approximate surface area is 151 Å². The molecule has 6 nitrogen and oxygen atoms in total. The van der Waals surface area contributed by atoms with E-state index in [1.807, 2.05) is 24.6 Å². The van der Waals surface area contributed by atoms with Crippen molar-refractivity contribution in [2.45, 2.75) is 31.7 Å². The summed E-state index contributed by atoms with van der Waals surface area (Å²) in [5.74, 6) is 6.88. The summed E-state index contributed by atoms with van der Waals surface area (Å²) in [6.07, 6.45) is 4.42. The normalized spacial score (nSPS) is 17.7. The molecule has 3 N–H and O–H groups in total. The quantitative estimate of drug-likeness (QED) is 0.454. The van der Waals surface area contributed by atoms with Gasteiger partial charge in [-0.05, 0) is 35.4 Å². The molecule has 0 amide bonds. The number of benzene rings is 1. The van der Waals surface area contributed by atoms with E-state index in [0.717, 1.165) is 11.1 Å². The first-order valence-electron chi connectivity index (χ1n) is 7.53. The first kappa shape index (κ1) is 18.6. The third-order valence-electron chi connectivity index (χ3n) is 3.73. The van der Waals surface area contributed by atoms with Crippen molar-refractivity contribution in [3.05, 3.63) is 39.7 Å². The molecule has 1 aromatic rings. The number of thioether (sulfide) groups is 1. The Bertz CT molecular complexity index is 687. The maximum absolute atomic E-state index is 6.31. The van der Waals surface area contributed by atoms with Crippen LogP contribution in [-0.4, -0.2) is 25.1 Å². The van der Waals surface area contributed by atoms with Gasteiger partial charge in [0.25, 0.3) is 0 Å². The minimum Gasteiger partial charge on any atom is -0.495 e. The molecule has 1 unspecified atom stereocenters. The second-order valence-electron chi connectivity index (χ2n) is 5.62. The number of nitrogens with two attached hydrogens (primary N) is 1. The van der Waals surface area contributed by atoms with Gasteiger partial charge in [-0.15, -0.1) is 16.9 Å². The standard InChI is InChI=1S/C16H22ClN5OS/c1-9(2)12-7-14(23-3)13(17)6-10(12)5-11-8-19-16(24-4)20-15(11)21-22-18/h6-9,16,20H,5H2,1-4H3,(H2,18,21). The monoisotopic (exact) mass is 367 g/mol. The van der Waals surface area contributed by atoms with Gasteiger partial charge >= 0.3 is 0 Å². The van der Waals surface area contributed by atoms with Gasteiger partial charge in [0.15, 0.2) is 11.3 Å². The van der Waals surface area contributed by atoms with E-state index in [2.05, 4.69) is 34.5 Å². The van der Waals surface area contributed by atoms with Gasteiger partial charge in [-0.3, -0.25) is 4.99 Å². The van der Waals surface area contributed by atoms with Crippen LogP contribution in [0.1, 0.15) is 30.9 Å². The third-order valence-corrected chi connectivity index (χ3v) is 4.71. The molecule has 1 atom stereocenters. The van der Waals surface area contributed by atoms with Crippen LogP contribution in [0.3, 0.4) is 0 Å². The number of hydrogen-bond acceptors (Lipinski definition) is 6. The van der Waals surface area contributed by atoms with Crippen LogP contribution >= 0.6 is 23.4 Å². The average molecular weight is 368 g/mol. The number of ether oxygens (including phenoxy) is 1. The Kier molecular flexibility index (Phi) is 6.51. The van der Waals surface area contributed by atoms with E-state index < -0.39 is 0 Å². The first-order valence-corrected chi connectivity index (χ1v) is 9.19. The third kappa shape index (κ3) is 4.21. The number of aliphatic imine (C=N–C) groups is 1. The maximum Gasteiger partial charge on any atom is 0.167 e. The van der Waals surface area contributed by atoms with E-state index in [1.54, 1.807) is 18.9 Å². The number of methoxy groups -OCH3 is 1. The number of nitrogens with one attached hydrogen (secondary N) is 1. The summed E-state index contributed by atoms with van der Waals surface area (Å²) in [5, 5.41) is 11.2. The number of halogens is 1. The molecule has 0 saturated heterocycles. The summed E-state index contributed by atoms with van der Waals surface area (Å²) < 4.78 is 5.33. The van der Waals surface area contributed by atoms with E-state index in [0.29, 0.717) is 28.9 Å². The highest BCUT2D eigenvalue weighted by Crippen LogP contribution is 2.33. The molecular weight excluding hydrogens is 346 g/mol. The summed E-state index contributed by atoms with van der Waals surface area (Å²) in [6, 6.07) is 3.93. The molecule has 0 bridgehead atoms. The molecule has 1 aromatic carbocycles. The smallest absolute Gasteiger partial charge is 0.167 e. The highest BCUT2D eigenvalue weighted by molar-refractivity contribution is 7.99. The molecule has 0 spiro atoms. The fraction of sp³-hybridized carbons (Fsp3) is 0.438. The van der Waals surface area contributed by atoms with Crippen molar-refractivity contribution in [2.75, 3.05) is 13.4 Å². The van der Waals surface area contributed by atoms with Crippen LogP contribution in [0.15, 0.2) is 38.9 Å². The van der Waals surface area contributed by atoms with Crippen molar-refractivity contribution in [1.82, 2.24) is 5.32 Å². The Balaban J connectivity index is 2.42. The molecule has 130 valence electrons. The zero-order chi connectivity index (χ0) is 17.7. The van der Waals surface area contributed by atoms with Gasteiger partial charge in [0, 0.05) is 18.2 Å². The topological polar surface area (TPSA) is 84.4 Å². The predicted octanol–water partition coefficient (Wildman–Crippen LogP) is 3.87.